The van der Waals surface area contributed by atoms with Crippen molar-refractivity contribution in [1.82, 2.24) is 9.80 Å². The zero-order valence-electron chi connectivity index (χ0n) is 12.8. The molecule has 5 heteroatoms. The maximum atomic E-state index is 12.5. The number of carboxylic acids is 1. The minimum Gasteiger partial charge on any atom is -0.481 e. The molecule has 1 heterocycles. The van der Waals surface area contributed by atoms with Crippen LogP contribution in [-0.4, -0.2) is 53.1 Å². The molecule has 1 unspecified atom stereocenters. The van der Waals surface area contributed by atoms with Crippen LogP contribution in [-0.2, 0) is 4.79 Å². The van der Waals surface area contributed by atoms with E-state index in [4.69, 9.17) is 5.11 Å². The molecule has 1 aliphatic rings. The summed E-state index contributed by atoms with van der Waals surface area (Å²) in [4.78, 5) is 27.0. The van der Waals surface area contributed by atoms with Crippen LogP contribution in [0.15, 0.2) is 0 Å². The average Bonchev–Trinajstić information content (AvgIpc) is 2.44. The molecule has 1 saturated heterocycles. The molecule has 0 saturated carbocycles. The van der Waals surface area contributed by atoms with Crippen LogP contribution in [0.3, 0.4) is 0 Å². The van der Waals surface area contributed by atoms with Gasteiger partial charge in [0.2, 0.25) is 0 Å². The Labute approximate surface area is 121 Å². The number of amides is 2. The first-order valence-corrected chi connectivity index (χ1v) is 7.84. The van der Waals surface area contributed by atoms with E-state index in [-0.39, 0.29) is 12.5 Å². The number of piperidine rings is 1. The fraction of sp³-hybridized carbons (Fsp3) is 0.867. The number of carbonyl (C=O) groups excluding carboxylic acids is 1. The first-order chi connectivity index (χ1) is 9.58. The maximum Gasteiger partial charge on any atom is 0.320 e. The van der Waals surface area contributed by atoms with Crippen LogP contribution in [0.4, 0.5) is 4.79 Å². The Morgan fingerprint density at radius 2 is 1.90 bits per heavy atom. The molecule has 2 amide bonds. The summed E-state index contributed by atoms with van der Waals surface area (Å²) in [6.45, 7) is 7.32. The second-order valence-corrected chi connectivity index (χ2v) is 5.66. The summed E-state index contributed by atoms with van der Waals surface area (Å²) < 4.78 is 0. The predicted molar refractivity (Wildman–Crippen MR) is 78.7 cm³/mol. The van der Waals surface area contributed by atoms with Gasteiger partial charge in [-0.05, 0) is 38.0 Å². The van der Waals surface area contributed by atoms with Gasteiger partial charge >= 0.3 is 12.0 Å². The van der Waals surface area contributed by atoms with Crippen molar-refractivity contribution < 1.29 is 14.7 Å². The third kappa shape index (κ3) is 5.39. The molecule has 5 nitrogen and oxygen atoms in total. The molecule has 0 aliphatic carbocycles. The van der Waals surface area contributed by atoms with Gasteiger partial charge in [0.1, 0.15) is 0 Å². The van der Waals surface area contributed by atoms with Gasteiger partial charge in [-0.15, -0.1) is 0 Å². The van der Waals surface area contributed by atoms with Gasteiger partial charge < -0.3 is 14.9 Å². The van der Waals surface area contributed by atoms with Crippen molar-refractivity contribution in [2.45, 2.75) is 52.4 Å². The van der Waals surface area contributed by atoms with Gasteiger partial charge in [0.05, 0.1) is 0 Å². The molecule has 0 bridgehead atoms. The Morgan fingerprint density at radius 1 is 1.25 bits per heavy atom. The molecule has 1 aliphatic heterocycles. The Morgan fingerprint density at radius 3 is 2.45 bits per heavy atom. The lowest BCUT2D eigenvalue weighted by atomic mass is 9.93. The lowest BCUT2D eigenvalue weighted by molar-refractivity contribution is -0.137. The third-order valence-electron chi connectivity index (χ3n) is 3.81. The van der Waals surface area contributed by atoms with Crippen LogP contribution in [0.1, 0.15) is 52.4 Å². The van der Waals surface area contributed by atoms with Gasteiger partial charge in [-0.1, -0.05) is 13.8 Å². The van der Waals surface area contributed by atoms with Crippen LogP contribution in [0.25, 0.3) is 0 Å². The zero-order chi connectivity index (χ0) is 15.0. The van der Waals surface area contributed by atoms with Gasteiger partial charge in [-0.25, -0.2) is 4.79 Å². The summed E-state index contributed by atoms with van der Waals surface area (Å²) in [6, 6.07) is 0.133. The number of urea groups is 1. The highest BCUT2D eigenvalue weighted by molar-refractivity contribution is 5.74. The van der Waals surface area contributed by atoms with E-state index in [2.05, 4.69) is 13.8 Å². The molecule has 1 fully saturated rings. The molecule has 116 valence electrons. The van der Waals surface area contributed by atoms with E-state index < -0.39 is 5.97 Å². The highest BCUT2D eigenvalue weighted by Gasteiger charge is 2.26. The normalized spacial score (nSPS) is 18.9. The van der Waals surface area contributed by atoms with Gasteiger partial charge in [0.25, 0.3) is 0 Å². The largest absolute Gasteiger partial charge is 0.481 e. The highest BCUT2D eigenvalue weighted by atomic mass is 16.4. The second-order valence-electron chi connectivity index (χ2n) is 5.66. The topological polar surface area (TPSA) is 60.9 Å². The Bertz CT molecular complexity index is 314. The van der Waals surface area contributed by atoms with Crippen molar-refractivity contribution in [2.24, 2.45) is 5.92 Å². The lowest BCUT2D eigenvalue weighted by Gasteiger charge is -2.36. The smallest absolute Gasteiger partial charge is 0.320 e. The zero-order valence-corrected chi connectivity index (χ0v) is 12.8. The highest BCUT2D eigenvalue weighted by Crippen LogP contribution is 2.22. The van der Waals surface area contributed by atoms with Gasteiger partial charge in [-0.3, -0.25) is 4.79 Å². The Balaban J connectivity index is 2.51. The van der Waals surface area contributed by atoms with Crippen molar-refractivity contribution in [3.8, 4) is 0 Å². The Kier molecular flexibility index (Phi) is 7.41. The van der Waals surface area contributed by atoms with Gasteiger partial charge in [0, 0.05) is 32.6 Å². The number of hydrogen-bond donors (Lipinski definition) is 1. The molecule has 0 spiro atoms. The minimum atomic E-state index is -0.743. The lowest BCUT2D eigenvalue weighted by Crippen LogP contribution is -2.48. The standard InChI is InChI=1S/C15H28N2O3/c1-3-9-16(10-4-2)15(20)17-11-5-6-13(12-17)7-8-14(18)19/h13H,3-12H2,1-2H3,(H,18,19). The molecule has 0 aromatic rings. The molecular weight excluding hydrogens is 256 g/mol. The van der Waals surface area contributed by atoms with E-state index in [1.807, 2.05) is 9.80 Å². The van der Waals surface area contributed by atoms with E-state index in [9.17, 15) is 9.59 Å². The molecule has 1 rings (SSSR count). The van der Waals surface area contributed by atoms with Crippen LogP contribution >= 0.6 is 0 Å². The molecule has 20 heavy (non-hydrogen) atoms. The van der Waals surface area contributed by atoms with Crippen LogP contribution in [0.5, 0.6) is 0 Å². The molecular formula is C15H28N2O3. The fourth-order valence-corrected chi connectivity index (χ4v) is 2.84. The summed E-state index contributed by atoms with van der Waals surface area (Å²) >= 11 is 0. The summed E-state index contributed by atoms with van der Waals surface area (Å²) in [5.41, 5.74) is 0. The number of carboxylic acid groups (broad SMARTS) is 1. The van der Waals surface area contributed by atoms with Crippen molar-refractivity contribution in [3.05, 3.63) is 0 Å². The van der Waals surface area contributed by atoms with Gasteiger partial charge in [0.15, 0.2) is 0 Å². The number of likely N-dealkylation sites (tertiary alicyclic amines) is 1. The van der Waals surface area contributed by atoms with Crippen LogP contribution in [0, 0.1) is 5.92 Å². The Hall–Kier alpha value is -1.26. The number of aliphatic carboxylic acids is 1. The van der Waals surface area contributed by atoms with Crippen LogP contribution < -0.4 is 0 Å². The second kappa shape index (κ2) is 8.82. The first kappa shape index (κ1) is 16.8. The maximum absolute atomic E-state index is 12.5. The summed E-state index contributed by atoms with van der Waals surface area (Å²) in [7, 11) is 0. The predicted octanol–water partition coefficient (Wildman–Crippen LogP) is 2.81. The monoisotopic (exact) mass is 284 g/mol. The molecule has 1 atom stereocenters. The van der Waals surface area contributed by atoms with Crippen LogP contribution in [0.2, 0.25) is 0 Å². The van der Waals surface area contributed by atoms with Crippen molar-refractivity contribution in [2.75, 3.05) is 26.2 Å². The number of carbonyl (C=O) groups is 2. The van der Waals surface area contributed by atoms with Crippen molar-refractivity contribution in [3.63, 3.8) is 0 Å². The number of hydrogen-bond acceptors (Lipinski definition) is 2. The van der Waals surface area contributed by atoms with Crippen molar-refractivity contribution >= 4 is 12.0 Å². The number of nitrogens with zero attached hydrogens (tertiary/aromatic N) is 2. The van der Waals surface area contributed by atoms with Crippen molar-refractivity contribution in [1.29, 1.82) is 0 Å². The van der Waals surface area contributed by atoms with E-state index in [0.717, 1.165) is 51.9 Å². The molecule has 0 aromatic carbocycles. The van der Waals surface area contributed by atoms with E-state index in [1.165, 1.54) is 0 Å². The molecule has 1 N–H and O–H groups in total. The van der Waals surface area contributed by atoms with E-state index >= 15 is 0 Å². The summed E-state index contributed by atoms with van der Waals surface area (Å²) in [6.07, 6.45) is 4.87. The first-order valence-electron chi connectivity index (χ1n) is 7.84. The number of rotatable bonds is 7. The third-order valence-corrected chi connectivity index (χ3v) is 3.81. The molecule has 0 aromatic heterocycles. The fourth-order valence-electron chi connectivity index (χ4n) is 2.84. The van der Waals surface area contributed by atoms with E-state index in [0.29, 0.717) is 12.3 Å². The quantitative estimate of drug-likeness (QED) is 0.782. The summed E-state index contributed by atoms with van der Waals surface area (Å²) in [5, 5.41) is 8.76. The SMILES string of the molecule is CCCN(CCC)C(=O)N1CCCC(CCC(=O)O)C1. The summed E-state index contributed by atoms with van der Waals surface area (Å²) in [5.74, 6) is -0.402. The molecule has 0 radical (unpaired) electrons. The average molecular weight is 284 g/mol. The van der Waals surface area contributed by atoms with E-state index in [1.54, 1.807) is 0 Å². The minimum absolute atomic E-state index is 0.133. The van der Waals surface area contributed by atoms with Gasteiger partial charge in [-0.2, -0.15) is 0 Å².